The highest BCUT2D eigenvalue weighted by atomic mass is 127. The van der Waals surface area contributed by atoms with Crippen molar-refractivity contribution in [2.24, 2.45) is 23.7 Å². The molecule has 5 nitrogen and oxygen atoms in total. The molecular formula is C15H30IN5. The highest BCUT2D eigenvalue weighted by Gasteiger charge is 2.04. The molecule has 1 unspecified atom stereocenters. The standard InChI is InChI=1S/C15H29N5.HI/c1-12(2)6-5-7-13(3)19-15(16)17-10-8-14-9-11-18-20(14)4;/h9,11-13H,5-8,10H2,1-4H3,(H3,16,17,19);1H. The second-order valence-electron chi connectivity index (χ2n) is 5.83. The van der Waals surface area contributed by atoms with Gasteiger partial charge in [-0.15, -0.1) is 24.0 Å². The molecule has 0 aromatic carbocycles. The molecule has 0 fully saturated rings. The van der Waals surface area contributed by atoms with Crippen molar-refractivity contribution in [2.45, 2.75) is 52.5 Å². The lowest BCUT2D eigenvalue weighted by atomic mass is 10.0. The van der Waals surface area contributed by atoms with Gasteiger partial charge in [-0.3, -0.25) is 9.67 Å². The first-order chi connectivity index (χ1) is 9.49. The lowest BCUT2D eigenvalue weighted by molar-refractivity contribution is 0.493. The second-order valence-corrected chi connectivity index (χ2v) is 5.83. The minimum atomic E-state index is 0. The van der Waals surface area contributed by atoms with Gasteiger partial charge in [0.2, 0.25) is 0 Å². The van der Waals surface area contributed by atoms with Gasteiger partial charge in [0.1, 0.15) is 0 Å². The van der Waals surface area contributed by atoms with Gasteiger partial charge in [-0.2, -0.15) is 5.10 Å². The van der Waals surface area contributed by atoms with E-state index < -0.39 is 0 Å². The zero-order chi connectivity index (χ0) is 15.0. The molecule has 0 saturated carbocycles. The highest BCUT2D eigenvalue weighted by Crippen LogP contribution is 2.08. The van der Waals surface area contributed by atoms with E-state index in [2.05, 4.69) is 36.2 Å². The van der Waals surface area contributed by atoms with Gasteiger partial charge >= 0.3 is 0 Å². The van der Waals surface area contributed by atoms with Crippen LogP contribution < -0.4 is 11.1 Å². The van der Waals surface area contributed by atoms with E-state index in [-0.39, 0.29) is 24.0 Å². The molecule has 1 atom stereocenters. The van der Waals surface area contributed by atoms with Crippen LogP contribution in [0.3, 0.4) is 0 Å². The molecule has 1 aromatic rings. The summed E-state index contributed by atoms with van der Waals surface area (Å²) in [6, 6.07) is 2.39. The number of hydrogen-bond acceptors (Lipinski definition) is 2. The summed E-state index contributed by atoms with van der Waals surface area (Å²) in [4.78, 5) is 4.37. The Morgan fingerprint density at radius 1 is 1.38 bits per heavy atom. The molecule has 3 N–H and O–H groups in total. The van der Waals surface area contributed by atoms with Crippen LogP contribution in [-0.4, -0.2) is 28.3 Å². The Labute approximate surface area is 145 Å². The maximum absolute atomic E-state index is 5.90. The van der Waals surface area contributed by atoms with Crippen molar-refractivity contribution in [3.8, 4) is 0 Å². The topological polar surface area (TPSA) is 68.2 Å². The third-order valence-corrected chi connectivity index (χ3v) is 3.39. The molecule has 1 aromatic heterocycles. The van der Waals surface area contributed by atoms with Crippen LogP contribution in [0.5, 0.6) is 0 Å². The summed E-state index contributed by atoms with van der Waals surface area (Å²) >= 11 is 0. The van der Waals surface area contributed by atoms with Gasteiger partial charge < -0.3 is 11.1 Å². The molecule has 122 valence electrons. The van der Waals surface area contributed by atoms with E-state index in [4.69, 9.17) is 5.73 Å². The molecule has 21 heavy (non-hydrogen) atoms. The molecule has 0 aliphatic heterocycles. The van der Waals surface area contributed by atoms with Crippen molar-refractivity contribution >= 4 is 29.9 Å². The van der Waals surface area contributed by atoms with Gasteiger partial charge in [-0.1, -0.05) is 26.7 Å². The van der Waals surface area contributed by atoms with Crippen molar-refractivity contribution in [2.75, 3.05) is 6.54 Å². The fraction of sp³-hybridized carbons (Fsp3) is 0.733. The number of nitrogens with two attached hydrogens (primary N) is 1. The van der Waals surface area contributed by atoms with E-state index >= 15 is 0 Å². The first-order valence-electron chi connectivity index (χ1n) is 7.52. The Morgan fingerprint density at radius 2 is 2.10 bits per heavy atom. The lowest BCUT2D eigenvalue weighted by Gasteiger charge is -2.15. The Hall–Kier alpha value is -0.790. The van der Waals surface area contributed by atoms with Gasteiger partial charge in [0.05, 0.1) is 0 Å². The second kappa shape index (κ2) is 10.9. The zero-order valence-electron chi connectivity index (χ0n) is 13.7. The minimum Gasteiger partial charge on any atom is -0.370 e. The largest absolute Gasteiger partial charge is 0.370 e. The highest BCUT2D eigenvalue weighted by molar-refractivity contribution is 14.0. The first kappa shape index (κ1) is 20.2. The number of rotatable bonds is 8. The summed E-state index contributed by atoms with van der Waals surface area (Å²) in [6.45, 7) is 7.36. The fourth-order valence-electron chi connectivity index (χ4n) is 2.14. The molecule has 0 bridgehead atoms. The van der Waals surface area contributed by atoms with E-state index in [0.717, 1.165) is 18.8 Å². The molecule has 0 saturated heterocycles. The molecule has 0 aliphatic carbocycles. The third-order valence-electron chi connectivity index (χ3n) is 3.39. The predicted octanol–water partition coefficient (Wildman–Crippen LogP) is 2.70. The van der Waals surface area contributed by atoms with Crippen LogP contribution in [0, 0.1) is 5.92 Å². The van der Waals surface area contributed by atoms with Gasteiger partial charge in [-0.05, 0) is 25.3 Å². The molecule has 1 heterocycles. The smallest absolute Gasteiger partial charge is 0.188 e. The van der Waals surface area contributed by atoms with E-state index in [0.29, 0.717) is 18.5 Å². The SMILES string of the molecule is CC(C)CCCC(C)NC(N)=NCCc1ccnn1C.I. The van der Waals surface area contributed by atoms with Crippen LogP contribution in [0.25, 0.3) is 0 Å². The summed E-state index contributed by atoms with van der Waals surface area (Å²) in [6.07, 6.45) is 6.30. The maximum atomic E-state index is 5.90. The van der Waals surface area contributed by atoms with E-state index in [9.17, 15) is 0 Å². The van der Waals surface area contributed by atoms with Gasteiger partial charge in [0.15, 0.2) is 5.96 Å². The van der Waals surface area contributed by atoms with Crippen LogP contribution in [0.1, 0.15) is 45.7 Å². The number of aliphatic imine (C=N–C) groups is 1. The van der Waals surface area contributed by atoms with Crippen molar-refractivity contribution in [3.63, 3.8) is 0 Å². The molecule has 0 amide bonds. The number of guanidine groups is 1. The molecule has 0 radical (unpaired) electrons. The van der Waals surface area contributed by atoms with Crippen molar-refractivity contribution < 1.29 is 0 Å². The fourth-order valence-corrected chi connectivity index (χ4v) is 2.14. The van der Waals surface area contributed by atoms with Crippen molar-refractivity contribution in [1.82, 2.24) is 15.1 Å². The van der Waals surface area contributed by atoms with Crippen molar-refractivity contribution in [3.05, 3.63) is 18.0 Å². The van der Waals surface area contributed by atoms with Crippen LogP contribution in [-0.2, 0) is 13.5 Å². The average molecular weight is 407 g/mol. The Morgan fingerprint density at radius 3 is 2.67 bits per heavy atom. The van der Waals surface area contributed by atoms with Gasteiger partial charge in [-0.25, -0.2) is 0 Å². The van der Waals surface area contributed by atoms with Crippen LogP contribution in [0.4, 0.5) is 0 Å². The molecule has 0 aliphatic rings. The van der Waals surface area contributed by atoms with E-state index in [1.165, 1.54) is 18.5 Å². The van der Waals surface area contributed by atoms with E-state index in [1.807, 2.05) is 17.8 Å². The number of hydrogen-bond donors (Lipinski definition) is 2. The summed E-state index contributed by atoms with van der Waals surface area (Å²) < 4.78 is 1.87. The predicted molar refractivity (Wildman–Crippen MR) is 100 cm³/mol. The molecular weight excluding hydrogens is 377 g/mol. The summed E-state index contributed by atoms with van der Waals surface area (Å²) in [5, 5.41) is 7.39. The zero-order valence-corrected chi connectivity index (χ0v) is 16.0. The number of aryl methyl sites for hydroxylation is 1. The number of halogens is 1. The Bertz CT molecular complexity index is 414. The quantitative estimate of drug-likeness (QED) is 0.396. The third kappa shape index (κ3) is 8.95. The van der Waals surface area contributed by atoms with Crippen LogP contribution in [0.2, 0.25) is 0 Å². The van der Waals surface area contributed by atoms with Gasteiger partial charge in [0, 0.05) is 37.9 Å². The average Bonchev–Trinajstić information content (AvgIpc) is 2.74. The van der Waals surface area contributed by atoms with Crippen LogP contribution >= 0.6 is 24.0 Å². The first-order valence-corrected chi connectivity index (χ1v) is 7.52. The van der Waals surface area contributed by atoms with Crippen LogP contribution in [0.15, 0.2) is 17.3 Å². The maximum Gasteiger partial charge on any atom is 0.188 e. The number of aromatic nitrogens is 2. The Balaban J connectivity index is 0.00000400. The number of nitrogens with zero attached hydrogens (tertiary/aromatic N) is 3. The molecule has 0 spiro atoms. The minimum absolute atomic E-state index is 0. The molecule has 6 heteroatoms. The monoisotopic (exact) mass is 407 g/mol. The molecule has 1 rings (SSSR count). The van der Waals surface area contributed by atoms with Gasteiger partial charge in [0.25, 0.3) is 0 Å². The Kier molecular flexibility index (Phi) is 10.5. The summed E-state index contributed by atoms with van der Waals surface area (Å²) in [7, 11) is 1.94. The van der Waals surface area contributed by atoms with E-state index in [1.54, 1.807) is 6.20 Å². The summed E-state index contributed by atoms with van der Waals surface area (Å²) in [5.41, 5.74) is 7.07. The lowest BCUT2D eigenvalue weighted by Crippen LogP contribution is -2.38. The van der Waals surface area contributed by atoms with Crippen molar-refractivity contribution in [1.29, 1.82) is 0 Å². The normalized spacial score (nSPS) is 13.1. The number of nitrogens with one attached hydrogen (secondary N) is 1. The summed E-state index contributed by atoms with van der Waals surface area (Å²) in [5.74, 6) is 1.32.